The summed E-state index contributed by atoms with van der Waals surface area (Å²) in [5, 5.41) is 10.4. The third-order valence-electron chi connectivity index (χ3n) is 6.43. The first-order valence-corrected chi connectivity index (χ1v) is 13.3. The van der Waals surface area contributed by atoms with E-state index in [1.807, 2.05) is 37.3 Å². The molecule has 1 heterocycles. The molecular formula is C24H29NO4S2. The van der Waals surface area contributed by atoms with E-state index in [4.69, 9.17) is 0 Å². The number of thioether (sulfide) groups is 1. The van der Waals surface area contributed by atoms with Crippen LogP contribution in [-0.4, -0.2) is 40.8 Å². The van der Waals surface area contributed by atoms with Crippen molar-refractivity contribution in [1.82, 2.24) is 4.31 Å². The molecule has 2 fully saturated rings. The first-order chi connectivity index (χ1) is 14.9. The van der Waals surface area contributed by atoms with Crippen molar-refractivity contribution < 1.29 is 18.3 Å². The van der Waals surface area contributed by atoms with E-state index < -0.39 is 21.9 Å². The van der Waals surface area contributed by atoms with Crippen LogP contribution in [0.4, 0.5) is 0 Å². The predicted octanol–water partition coefficient (Wildman–Crippen LogP) is 4.88. The summed E-state index contributed by atoms with van der Waals surface area (Å²) in [6, 6.07) is 16.0. The molecule has 0 spiro atoms. The van der Waals surface area contributed by atoms with Crippen molar-refractivity contribution in [1.29, 1.82) is 0 Å². The van der Waals surface area contributed by atoms with Gasteiger partial charge in [0.25, 0.3) is 0 Å². The zero-order chi connectivity index (χ0) is 22.0. The first-order valence-electron chi connectivity index (χ1n) is 10.9. The Hall–Kier alpha value is -1.83. The number of carboxylic acids is 1. The average molecular weight is 460 g/mol. The van der Waals surface area contributed by atoms with E-state index in [1.54, 1.807) is 36.0 Å². The summed E-state index contributed by atoms with van der Waals surface area (Å²) in [7, 11) is -3.83. The lowest BCUT2D eigenvalue weighted by molar-refractivity contribution is -0.143. The largest absolute Gasteiger partial charge is 0.481 e. The Morgan fingerprint density at radius 1 is 1.03 bits per heavy atom. The third-order valence-corrected chi connectivity index (χ3v) is 10.0. The fraction of sp³-hybridized carbons (Fsp3) is 0.458. The Bertz CT molecular complexity index is 1000. The molecule has 166 valence electrons. The lowest BCUT2D eigenvalue weighted by Gasteiger charge is -2.42. The van der Waals surface area contributed by atoms with E-state index in [0.29, 0.717) is 11.7 Å². The van der Waals surface area contributed by atoms with Gasteiger partial charge in [0, 0.05) is 17.0 Å². The van der Waals surface area contributed by atoms with Gasteiger partial charge in [-0.05, 0) is 43.9 Å². The van der Waals surface area contributed by atoms with Gasteiger partial charge in [0.15, 0.2) is 0 Å². The Balaban J connectivity index is 1.71. The fourth-order valence-corrected chi connectivity index (χ4v) is 8.12. The van der Waals surface area contributed by atoms with Gasteiger partial charge in [-0.25, -0.2) is 8.42 Å². The number of rotatable bonds is 6. The van der Waals surface area contributed by atoms with Gasteiger partial charge in [0.1, 0.15) is 0 Å². The molecule has 0 bridgehead atoms. The second kappa shape index (κ2) is 9.35. The van der Waals surface area contributed by atoms with Gasteiger partial charge in [0.2, 0.25) is 10.0 Å². The molecule has 1 saturated carbocycles. The van der Waals surface area contributed by atoms with E-state index in [1.165, 1.54) is 17.1 Å². The molecule has 0 unspecified atom stereocenters. The molecule has 1 aliphatic carbocycles. The molecule has 5 nitrogen and oxygen atoms in total. The van der Waals surface area contributed by atoms with E-state index in [2.05, 4.69) is 0 Å². The fourth-order valence-electron chi connectivity index (χ4n) is 4.69. The Kier molecular flexibility index (Phi) is 6.74. The number of hydrogen-bond acceptors (Lipinski definition) is 4. The molecule has 1 aliphatic heterocycles. The van der Waals surface area contributed by atoms with Gasteiger partial charge in [0.05, 0.1) is 16.9 Å². The average Bonchev–Trinajstić information content (AvgIpc) is 3.27. The number of benzene rings is 2. The number of hydrogen-bond donors (Lipinski definition) is 1. The van der Waals surface area contributed by atoms with Crippen LogP contribution in [0.3, 0.4) is 0 Å². The molecule has 1 N–H and O–H groups in total. The molecule has 2 aromatic carbocycles. The van der Waals surface area contributed by atoms with Crippen molar-refractivity contribution in [3.05, 3.63) is 65.7 Å². The van der Waals surface area contributed by atoms with Crippen LogP contribution in [0.5, 0.6) is 0 Å². The molecule has 0 amide bonds. The van der Waals surface area contributed by atoms with Crippen molar-refractivity contribution in [3.8, 4) is 0 Å². The molecule has 7 heteroatoms. The summed E-state index contributed by atoms with van der Waals surface area (Å²) in [5.74, 6) is -1.63. The normalized spacial score (nSPS) is 25.5. The van der Waals surface area contributed by atoms with Crippen LogP contribution in [0.15, 0.2) is 59.5 Å². The molecule has 1 saturated heterocycles. The first kappa shape index (κ1) is 22.4. The summed E-state index contributed by atoms with van der Waals surface area (Å²) in [4.78, 5) is 12.4. The van der Waals surface area contributed by atoms with Gasteiger partial charge in [-0.1, -0.05) is 60.9 Å². The highest BCUT2D eigenvalue weighted by Crippen LogP contribution is 2.45. The van der Waals surface area contributed by atoms with Crippen LogP contribution in [0, 0.1) is 12.8 Å². The van der Waals surface area contributed by atoms with Crippen LogP contribution in [0.2, 0.25) is 0 Å². The predicted molar refractivity (Wildman–Crippen MR) is 124 cm³/mol. The lowest BCUT2D eigenvalue weighted by Crippen LogP contribution is -2.49. The maximum atomic E-state index is 13.6. The van der Waals surface area contributed by atoms with E-state index in [0.717, 1.165) is 24.0 Å². The van der Waals surface area contributed by atoms with Gasteiger partial charge < -0.3 is 5.11 Å². The number of sulfonamides is 1. The highest BCUT2D eigenvalue weighted by molar-refractivity contribution is 8.00. The molecule has 3 atom stereocenters. The van der Waals surface area contributed by atoms with E-state index in [9.17, 15) is 18.3 Å². The van der Waals surface area contributed by atoms with Crippen LogP contribution in [-0.2, 0) is 14.8 Å². The van der Waals surface area contributed by atoms with Crippen molar-refractivity contribution in [2.24, 2.45) is 5.92 Å². The number of aryl methyl sites for hydroxylation is 1. The van der Waals surface area contributed by atoms with Gasteiger partial charge in [-0.2, -0.15) is 16.1 Å². The lowest BCUT2D eigenvalue weighted by atomic mass is 9.90. The summed E-state index contributed by atoms with van der Waals surface area (Å²) < 4.78 is 28.7. The number of piperidine rings is 1. The topological polar surface area (TPSA) is 74.7 Å². The summed E-state index contributed by atoms with van der Waals surface area (Å²) in [6.07, 6.45) is 5.13. The third kappa shape index (κ3) is 4.83. The molecule has 4 rings (SSSR count). The van der Waals surface area contributed by atoms with Gasteiger partial charge >= 0.3 is 5.97 Å². The molecular weight excluding hydrogens is 430 g/mol. The Labute approximate surface area is 188 Å². The number of carbonyl (C=O) groups is 1. The standard InChI is InChI=1S/C24H29NO4S2/c1-17-11-13-20(14-12-17)31(28,29)25-16-21(24(26)27)23(30-19-9-5-6-10-19)15-22(25)18-7-3-2-4-8-18/h2-4,7-8,11-14,19,21-23H,5-6,9-10,15-16H2,1H3,(H,26,27)/t21-,22+,23-/m1/s1. The Morgan fingerprint density at radius 3 is 2.29 bits per heavy atom. The quantitative estimate of drug-likeness (QED) is 0.667. The highest BCUT2D eigenvalue weighted by atomic mass is 32.2. The van der Waals surface area contributed by atoms with Crippen molar-refractivity contribution in [3.63, 3.8) is 0 Å². The second-order valence-electron chi connectivity index (χ2n) is 8.58. The molecule has 0 aromatic heterocycles. The SMILES string of the molecule is Cc1ccc(S(=O)(=O)N2C[C@@H](C(=O)O)[C@H](SC3CCCC3)C[C@H]2c2ccccc2)cc1. The van der Waals surface area contributed by atoms with Crippen LogP contribution in [0.25, 0.3) is 0 Å². The minimum Gasteiger partial charge on any atom is -0.481 e. The number of carboxylic acid groups (broad SMARTS) is 1. The molecule has 2 aliphatic rings. The number of aliphatic carboxylic acids is 1. The second-order valence-corrected chi connectivity index (χ2v) is 12.0. The zero-order valence-electron chi connectivity index (χ0n) is 17.7. The maximum absolute atomic E-state index is 13.6. The van der Waals surface area contributed by atoms with E-state index in [-0.39, 0.29) is 22.7 Å². The Morgan fingerprint density at radius 2 is 1.68 bits per heavy atom. The monoisotopic (exact) mass is 459 g/mol. The van der Waals surface area contributed by atoms with Crippen LogP contribution in [0.1, 0.15) is 49.3 Å². The summed E-state index contributed by atoms with van der Waals surface area (Å²) in [5.41, 5.74) is 1.90. The van der Waals surface area contributed by atoms with Crippen molar-refractivity contribution in [2.75, 3.05) is 6.54 Å². The van der Waals surface area contributed by atoms with Crippen LogP contribution < -0.4 is 0 Å². The minimum absolute atomic E-state index is 0.00447. The van der Waals surface area contributed by atoms with Crippen LogP contribution >= 0.6 is 11.8 Å². The maximum Gasteiger partial charge on any atom is 0.308 e. The highest BCUT2D eigenvalue weighted by Gasteiger charge is 2.46. The summed E-state index contributed by atoms with van der Waals surface area (Å²) >= 11 is 1.77. The molecule has 31 heavy (non-hydrogen) atoms. The molecule has 2 aromatic rings. The molecule has 0 radical (unpaired) electrons. The smallest absolute Gasteiger partial charge is 0.308 e. The number of nitrogens with zero attached hydrogens (tertiary/aromatic N) is 1. The van der Waals surface area contributed by atoms with E-state index >= 15 is 0 Å². The van der Waals surface area contributed by atoms with Crippen molar-refractivity contribution in [2.45, 2.75) is 60.5 Å². The van der Waals surface area contributed by atoms with Gasteiger partial charge in [-0.15, -0.1) is 0 Å². The van der Waals surface area contributed by atoms with Gasteiger partial charge in [-0.3, -0.25) is 4.79 Å². The van der Waals surface area contributed by atoms with Crippen molar-refractivity contribution >= 4 is 27.8 Å². The summed E-state index contributed by atoms with van der Waals surface area (Å²) in [6.45, 7) is 1.91. The minimum atomic E-state index is -3.83. The zero-order valence-corrected chi connectivity index (χ0v) is 19.3.